The fraction of sp³-hybridized carbons (Fsp3) is 0.200. The predicted molar refractivity (Wildman–Crippen MR) is 92.8 cm³/mol. The zero-order valence-electron chi connectivity index (χ0n) is 12.6. The molecule has 0 saturated carbocycles. The van der Waals surface area contributed by atoms with E-state index in [1.165, 1.54) is 27.8 Å². The van der Waals surface area contributed by atoms with Crippen LogP contribution in [0.3, 0.4) is 0 Å². The summed E-state index contributed by atoms with van der Waals surface area (Å²) in [7, 11) is -0.382. The molecule has 0 saturated heterocycles. The van der Waals surface area contributed by atoms with Gasteiger partial charge < -0.3 is 0 Å². The maximum Gasteiger partial charge on any atom is 0.0795 e. The maximum absolute atomic E-state index is 2.43. The molecule has 0 fully saturated rings. The molecule has 2 aliphatic carbocycles. The molecule has 0 nitrogen and oxygen atoms in total. The molecule has 0 aliphatic heterocycles. The standard InChI is InChI=1S/C20H19Si/c1-21(2)20-9-5-8-19(20)15-10-11-18-16(13-15)12-14-6-3-4-7-17(14)18/h3-7,9-11,13H,8,12H2,1-2H3. The van der Waals surface area contributed by atoms with E-state index in [2.05, 4.69) is 67.7 Å². The second-order valence-electron chi connectivity index (χ2n) is 6.20. The van der Waals surface area contributed by atoms with Gasteiger partial charge in [0.1, 0.15) is 0 Å². The lowest BCUT2D eigenvalue weighted by Gasteiger charge is -2.11. The largest absolute Gasteiger partial charge is 0.0802 e. The first-order valence-corrected chi connectivity index (χ1v) is 10.2. The first kappa shape index (κ1) is 12.8. The van der Waals surface area contributed by atoms with Crippen molar-refractivity contribution in [2.75, 3.05) is 0 Å². The quantitative estimate of drug-likeness (QED) is 0.564. The molecule has 4 rings (SSSR count). The number of benzene rings is 2. The van der Waals surface area contributed by atoms with E-state index >= 15 is 0 Å². The molecule has 2 aromatic rings. The van der Waals surface area contributed by atoms with Gasteiger partial charge in [0.25, 0.3) is 0 Å². The van der Waals surface area contributed by atoms with Gasteiger partial charge in [0.2, 0.25) is 0 Å². The summed E-state index contributed by atoms with van der Waals surface area (Å²) in [6.45, 7) is 4.78. The lowest BCUT2D eigenvalue weighted by Crippen LogP contribution is -2.04. The number of rotatable bonds is 2. The van der Waals surface area contributed by atoms with Gasteiger partial charge in [-0.2, -0.15) is 0 Å². The molecule has 0 unspecified atom stereocenters. The summed E-state index contributed by atoms with van der Waals surface area (Å²) < 4.78 is 0. The summed E-state index contributed by atoms with van der Waals surface area (Å²) in [5.41, 5.74) is 8.82. The Hall–Kier alpha value is -1.86. The second kappa shape index (κ2) is 4.85. The van der Waals surface area contributed by atoms with Gasteiger partial charge in [0, 0.05) is 0 Å². The first-order valence-electron chi connectivity index (χ1n) is 7.66. The van der Waals surface area contributed by atoms with E-state index in [0.29, 0.717) is 0 Å². The molecule has 0 spiro atoms. The van der Waals surface area contributed by atoms with Crippen molar-refractivity contribution < 1.29 is 0 Å². The van der Waals surface area contributed by atoms with Crippen LogP contribution in [0.2, 0.25) is 13.1 Å². The van der Waals surface area contributed by atoms with Gasteiger partial charge >= 0.3 is 0 Å². The molecule has 21 heavy (non-hydrogen) atoms. The van der Waals surface area contributed by atoms with Crippen molar-refractivity contribution in [3.63, 3.8) is 0 Å². The Labute approximate surface area is 128 Å². The third kappa shape index (κ3) is 2.04. The van der Waals surface area contributed by atoms with Crippen LogP contribution in [0.25, 0.3) is 16.7 Å². The average molecular weight is 287 g/mol. The zero-order valence-corrected chi connectivity index (χ0v) is 13.6. The fourth-order valence-electron chi connectivity index (χ4n) is 3.58. The minimum Gasteiger partial charge on any atom is -0.0802 e. The lowest BCUT2D eigenvalue weighted by molar-refractivity contribution is 1.25. The zero-order chi connectivity index (χ0) is 14.4. The van der Waals surface area contributed by atoms with E-state index in [1.807, 2.05) is 0 Å². The van der Waals surface area contributed by atoms with Crippen molar-refractivity contribution >= 4 is 14.4 Å². The molecule has 0 atom stereocenters. The molecule has 0 N–H and O–H groups in total. The van der Waals surface area contributed by atoms with E-state index in [1.54, 1.807) is 10.8 Å². The summed E-state index contributed by atoms with van der Waals surface area (Å²) in [5.74, 6) is 0. The van der Waals surface area contributed by atoms with Gasteiger partial charge in [-0.1, -0.05) is 72.9 Å². The molecule has 2 aromatic carbocycles. The van der Waals surface area contributed by atoms with Crippen LogP contribution >= 0.6 is 0 Å². The smallest absolute Gasteiger partial charge is 0.0795 e. The van der Waals surface area contributed by atoms with Crippen LogP contribution in [0.4, 0.5) is 0 Å². The van der Waals surface area contributed by atoms with Gasteiger partial charge in [-0.25, -0.2) is 0 Å². The maximum atomic E-state index is 2.43. The second-order valence-corrected chi connectivity index (χ2v) is 8.74. The molecule has 0 amide bonds. The van der Waals surface area contributed by atoms with Crippen LogP contribution in [0, 0.1) is 0 Å². The Balaban J connectivity index is 1.79. The van der Waals surface area contributed by atoms with E-state index in [9.17, 15) is 0 Å². The van der Waals surface area contributed by atoms with Crippen molar-refractivity contribution in [2.24, 2.45) is 0 Å². The normalized spacial score (nSPS) is 15.8. The molecule has 2 aliphatic rings. The molecule has 0 aromatic heterocycles. The van der Waals surface area contributed by atoms with Crippen molar-refractivity contribution in [1.82, 2.24) is 0 Å². The Morgan fingerprint density at radius 1 is 0.905 bits per heavy atom. The van der Waals surface area contributed by atoms with Crippen LogP contribution in [0.15, 0.2) is 59.8 Å². The Kier molecular flexibility index (Phi) is 2.97. The Morgan fingerprint density at radius 2 is 1.71 bits per heavy atom. The number of hydrogen-bond donors (Lipinski definition) is 0. The fourth-order valence-corrected chi connectivity index (χ4v) is 4.88. The summed E-state index contributed by atoms with van der Waals surface area (Å²) in [5, 5.41) is 1.61. The highest BCUT2D eigenvalue weighted by molar-refractivity contribution is 6.66. The van der Waals surface area contributed by atoms with Gasteiger partial charge in [-0.15, -0.1) is 0 Å². The molecule has 103 valence electrons. The van der Waals surface area contributed by atoms with E-state index in [0.717, 1.165) is 12.8 Å². The molecular formula is C20H19Si. The van der Waals surface area contributed by atoms with Crippen LogP contribution < -0.4 is 0 Å². The third-order valence-electron chi connectivity index (χ3n) is 4.61. The van der Waals surface area contributed by atoms with Gasteiger partial charge in [0.05, 0.1) is 8.80 Å². The summed E-state index contributed by atoms with van der Waals surface area (Å²) >= 11 is 0. The topological polar surface area (TPSA) is 0 Å². The van der Waals surface area contributed by atoms with Gasteiger partial charge in [-0.05, 0) is 46.2 Å². The summed E-state index contributed by atoms with van der Waals surface area (Å²) in [6, 6.07) is 15.9. The van der Waals surface area contributed by atoms with E-state index in [-0.39, 0.29) is 8.80 Å². The molecular weight excluding hydrogens is 268 g/mol. The van der Waals surface area contributed by atoms with E-state index < -0.39 is 0 Å². The van der Waals surface area contributed by atoms with Crippen molar-refractivity contribution in [1.29, 1.82) is 0 Å². The number of allylic oxidation sites excluding steroid dienone is 4. The van der Waals surface area contributed by atoms with Crippen LogP contribution in [-0.2, 0) is 6.42 Å². The number of hydrogen-bond acceptors (Lipinski definition) is 0. The summed E-state index contributed by atoms with van der Waals surface area (Å²) in [6.07, 6.45) is 6.87. The van der Waals surface area contributed by atoms with Crippen LogP contribution in [0.5, 0.6) is 0 Å². The SMILES string of the molecule is C[Si](C)C1=C(c2ccc3c(c2)Cc2ccccc2-3)CC=C1. The number of fused-ring (bicyclic) bond motifs is 3. The van der Waals surface area contributed by atoms with Gasteiger partial charge in [-0.3, -0.25) is 0 Å². The average Bonchev–Trinajstić information content (AvgIpc) is 3.11. The van der Waals surface area contributed by atoms with Crippen LogP contribution in [0.1, 0.15) is 23.1 Å². The molecule has 1 radical (unpaired) electrons. The highest BCUT2D eigenvalue weighted by Gasteiger charge is 2.20. The minimum absolute atomic E-state index is 0.382. The lowest BCUT2D eigenvalue weighted by atomic mass is 9.98. The predicted octanol–water partition coefficient (Wildman–Crippen LogP) is 5.26. The Bertz CT molecular complexity index is 778. The third-order valence-corrected chi connectivity index (χ3v) is 6.16. The van der Waals surface area contributed by atoms with Crippen molar-refractivity contribution in [3.8, 4) is 11.1 Å². The van der Waals surface area contributed by atoms with Crippen molar-refractivity contribution in [3.05, 3.63) is 76.5 Å². The highest BCUT2D eigenvalue weighted by atomic mass is 28.3. The van der Waals surface area contributed by atoms with Crippen molar-refractivity contribution in [2.45, 2.75) is 25.9 Å². The minimum atomic E-state index is -0.382. The van der Waals surface area contributed by atoms with Gasteiger partial charge in [0.15, 0.2) is 0 Å². The molecule has 0 bridgehead atoms. The Morgan fingerprint density at radius 3 is 2.57 bits per heavy atom. The first-order chi connectivity index (χ1) is 10.2. The van der Waals surface area contributed by atoms with Crippen LogP contribution in [-0.4, -0.2) is 8.80 Å². The van der Waals surface area contributed by atoms with E-state index in [4.69, 9.17) is 0 Å². The molecule has 1 heteroatoms. The molecule has 0 heterocycles. The summed E-state index contributed by atoms with van der Waals surface area (Å²) in [4.78, 5) is 0. The monoisotopic (exact) mass is 287 g/mol. The highest BCUT2D eigenvalue weighted by Crippen LogP contribution is 2.39.